The summed E-state index contributed by atoms with van der Waals surface area (Å²) in [5.74, 6) is -0.977. The molecule has 0 bridgehead atoms. The van der Waals surface area contributed by atoms with Crippen molar-refractivity contribution in [3.05, 3.63) is 58.4 Å². The predicted octanol–water partition coefficient (Wildman–Crippen LogP) is 5.45. The molecular formula is C15H11ClF4N2O. The van der Waals surface area contributed by atoms with Gasteiger partial charge in [0, 0.05) is 10.7 Å². The summed E-state index contributed by atoms with van der Waals surface area (Å²) in [7, 11) is 0. The van der Waals surface area contributed by atoms with Gasteiger partial charge in [0.15, 0.2) is 0 Å². The summed E-state index contributed by atoms with van der Waals surface area (Å²) >= 11 is 5.90. The van der Waals surface area contributed by atoms with Crippen LogP contribution >= 0.6 is 11.6 Å². The molecule has 8 heteroatoms. The highest BCUT2D eigenvalue weighted by Gasteiger charge is 2.31. The van der Waals surface area contributed by atoms with Crippen LogP contribution < -0.4 is 10.6 Å². The van der Waals surface area contributed by atoms with E-state index >= 15 is 0 Å². The Labute approximate surface area is 134 Å². The predicted molar refractivity (Wildman–Crippen MR) is 80.2 cm³/mol. The summed E-state index contributed by atoms with van der Waals surface area (Å²) in [6, 6.07) is 5.56. The van der Waals surface area contributed by atoms with E-state index in [9.17, 15) is 22.4 Å². The van der Waals surface area contributed by atoms with Crippen molar-refractivity contribution in [1.82, 2.24) is 0 Å². The number of alkyl halides is 3. The number of urea groups is 1. The van der Waals surface area contributed by atoms with Crippen molar-refractivity contribution >= 4 is 29.0 Å². The Balaban J connectivity index is 2.15. The second kappa shape index (κ2) is 6.45. The Morgan fingerprint density at radius 2 is 1.78 bits per heavy atom. The zero-order valence-electron chi connectivity index (χ0n) is 11.8. The number of hydrogen-bond acceptors (Lipinski definition) is 1. The molecule has 3 nitrogen and oxygen atoms in total. The molecule has 0 spiro atoms. The van der Waals surface area contributed by atoms with Crippen molar-refractivity contribution < 1.29 is 22.4 Å². The zero-order chi connectivity index (χ0) is 17.2. The van der Waals surface area contributed by atoms with E-state index in [1.165, 1.54) is 6.07 Å². The lowest BCUT2D eigenvalue weighted by Gasteiger charge is -2.12. The smallest absolute Gasteiger partial charge is 0.308 e. The van der Waals surface area contributed by atoms with Gasteiger partial charge in [0.25, 0.3) is 0 Å². The van der Waals surface area contributed by atoms with Crippen molar-refractivity contribution in [2.75, 3.05) is 10.6 Å². The van der Waals surface area contributed by atoms with Crippen LogP contribution in [0.2, 0.25) is 5.02 Å². The highest BCUT2D eigenvalue weighted by Crippen LogP contribution is 2.31. The molecule has 0 radical (unpaired) electrons. The van der Waals surface area contributed by atoms with Crippen LogP contribution in [0.15, 0.2) is 36.4 Å². The van der Waals surface area contributed by atoms with Crippen LogP contribution in [-0.4, -0.2) is 6.03 Å². The normalized spacial score (nSPS) is 11.2. The third-order valence-corrected chi connectivity index (χ3v) is 3.38. The van der Waals surface area contributed by atoms with E-state index in [1.54, 1.807) is 19.1 Å². The summed E-state index contributed by atoms with van der Waals surface area (Å²) in [4.78, 5) is 11.8. The number of benzene rings is 2. The number of rotatable bonds is 2. The lowest BCUT2D eigenvalue weighted by molar-refractivity contribution is -0.137. The molecule has 23 heavy (non-hydrogen) atoms. The van der Waals surface area contributed by atoms with Crippen LogP contribution in [0, 0.1) is 12.7 Å². The van der Waals surface area contributed by atoms with Crippen LogP contribution in [-0.2, 0) is 6.18 Å². The van der Waals surface area contributed by atoms with E-state index in [4.69, 9.17) is 11.6 Å². The number of hydrogen-bond donors (Lipinski definition) is 2. The van der Waals surface area contributed by atoms with Crippen LogP contribution in [0.3, 0.4) is 0 Å². The lowest BCUT2D eigenvalue weighted by atomic mass is 10.2. The molecule has 0 atom stereocenters. The molecule has 2 aromatic carbocycles. The fourth-order valence-electron chi connectivity index (χ4n) is 1.75. The minimum atomic E-state index is -4.63. The lowest BCUT2D eigenvalue weighted by Crippen LogP contribution is -2.20. The number of nitrogens with one attached hydrogen (secondary N) is 2. The van der Waals surface area contributed by atoms with Crippen LogP contribution in [0.25, 0.3) is 0 Å². The summed E-state index contributed by atoms with van der Waals surface area (Å²) in [6.07, 6.45) is -4.63. The Hall–Kier alpha value is -2.28. The maximum absolute atomic E-state index is 13.5. The molecule has 2 rings (SSSR count). The Morgan fingerprint density at radius 3 is 2.39 bits per heavy atom. The minimum absolute atomic E-state index is 0.325. The van der Waals surface area contributed by atoms with Gasteiger partial charge in [0.05, 0.1) is 11.3 Å². The van der Waals surface area contributed by atoms with E-state index in [1.807, 2.05) is 5.32 Å². The Morgan fingerprint density at radius 1 is 1.09 bits per heavy atom. The van der Waals surface area contributed by atoms with Gasteiger partial charge in [-0.05, 0) is 42.8 Å². The molecule has 0 aliphatic heterocycles. The zero-order valence-corrected chi connectivity index (χ0v) is 12.5. The van der Waals surface area contributed by atoms with E-state index < -0.39 is 29.3 Å². The molecule has 2 aromatic rings. The van der Waals surface area contributed by atoms with Gasteiger partial charge < -0.3 is 10.6 Å². The molecule has 0 saturated carbocycles. The van der Waals surface area contributed by atoms with Gasteiger partial charge >= 0.3 is 12.2 Å². The first kappa shape index (κ1) is 17.1. The van der Waals surface area contributed by atoms with Crippen molar-refractivity contribution in [2.24, 2.45) is 0 Å². The highest BCUT2D eigenvalue weighted by atomic mass is 35.5. The first-order valence-electron chi connectivity index (χ1n) is 6.38. The highest BCUT2D eigenvalue weighted by molar-refractivity contribution is 6.31. The summed E-state index contributed by atoms with van der Waals surface area (Å²) in [5.41, 5.74) is -0.518. The molecule has 2 amide bonds. The number of carbonyl (C=O) groups excluding carboxylic acids is 1. The average molecular weight is 347 g/mol. The Bertz CT molecular complexity index is 747. The van der Waals surface area contributed by atoms with Crippen molar-refractivity contribution in [3.63, 3.8) is 0 Å². The topological polar surface area (TPSA) is 41.1 Å². The fraction of sp³-hybridized carbons (Fsp3) is 0.133. The molecule has 0 unspecified atom stereocenters. The maximum atomic E-state index is 13.5. The van der Waals surface area contributed by atoms with Gasteiger partial charge in [-0.15, -0.1) is 0 Å². The van der Waals surface area contributed by atoms with Gasteiger partial charge in [0.1, 0.15) is 5.82 Å². The number of anilines is 2. The summed E-state index contributed by atoms with van der Waals surface area (Å²) < 4.78 is 51.3. The van der Waals surface area contributed by atoms with Crippen LogP contribution in [0.4, 0.5) is 33.7 Å². The monoisotopic (exact) mass is 346 g/mol. The molecule has 0 aliphatic carbocycles. The fourth-order valence-corrected chi connectivity index (χ4v) is 1.93. The number of halogens is 5. The molecule has 0 aliphatic rings. The van der Waals surface area contributed by atoms with Gasteiger partial charge in [-0.3, -0.25) is 0 Å². The van der Waals surface area contributed by atoms with Crippen molar-refractivity contribution in [3.8, 4) is 0 Å². The quantitative estimate of drug-likeness (QED) is 0.697. The second-order valence-corrected chi connectivity index (χ2v) is 5.14. The standard InChI is InChI=1S/C15H11ClF4N2O/c1-8-2-4-10(7-11(8)16)21-14(23)22-13-6-9(15(18,19)20)3-5-12(13)17/h2-7H,1H3,(H2,21,22,23). The molecule has 0 saturated heterocycles. The second-order valence-electron chi connectivity index (χ2n) is 4.74. The van der Waals surface area contributed by atoms with E-state index in [2.05, 4.69) is 5.32 Å². The molecule has 0 heterocycles. The number of carbonyl (C=O) groups is 1. The molecule has 0 aromatic heterocycles. The van der Waals surface area contributed by atoms with Gasteiger partial charge in [0.2, 0.25) is 0 Å². The summed E-state index contributed by atoms with van der Waals surface area (Å²) in [5, 5.41) is 4.81. The maximum Gasteiger partial charge on any atom is 0.416 e. The molecule has 2 N–H and O–H groups in total. The first-order chi connectivity index (χ1) is 10.7. The van der Waals surface area contributed by atoms with Crippen LogP contribution in [0.1, 0.15) is 11.1 Å². The van der Waals surface area contributed by atoms with E-state index in [-0.39, 0.29) is 0 Å². The molecule has 0 fully saturated rings. The van der Waals surface area contributed by atoms with E-state index in [0.717, 1.165) is 5.56 Å². The van der Waals surface area contributed by atoms with Crippen LogP contribution in [0.5, 0.6) is 0 Å². The molecular weight excluding hydrogens is 336 g/mol. The van der Waals surface area contributed by atoms with Gasteiger partial charge in [-0.1, -0.05) is 17.7 Å². The van der Waals surface area contributed by atoms with Gasteiger partial charge in [-0.25, -0.2) is 9.18 Å². The van der Waals surface area contributed by atoms with E-state index in [0.29, 0.717) is 28.9 Å². The van der Waals surface area contributed by atoms with Crippen molar-refractivity contribution in [1.29, 1.82) is 0 Å². The number of aryl methyl sites for hydroxylation is 1. The largest absolute Gasteiger partial charge is 0.416 e. The third kappa shape index (κ3) is 4.35. The van der Waals surface area contributed by atoms with Crippen molar-refractivity contribution in [2.45, 2.75) is 13.1 Å². The first-order valence-corrected chi connectivity index (χ1v) is 6.75. The Kier molecular flexibility index (Phi) is 4.79. The minimum Gasteiger partial charge on any atom is -0.308 e. The summed E-state index contributed by atoms with van der Waals surface area (Å²) in [6.45, 7) is 1.77. The average Bonchev–Trinajstić information content (AvgIpc) is 2.44. The third-order valence-electron chi connectivity index (χ3n) is 2.97. The molecule has 122 valence electrons. The SMILES string of the molecule is Cc1ccc(NC(=O)Nc2cc(C(F)(F)F)ccc2F)cc1Cl. The van der Waals surface area contributed by atoms with Gasteiger partial charge in [-0.2, -0.15) is 13.2 Å². The number of amides is 2.